The first-order valence-corrected chi connectivity index (χ1v) is 4.42. The molecule has 7 heteroatoms. The molecule has 0 aromatic rings. The zero-order valence-corrected chi connectivity index (χ0v) is 6.12. The molecule has 0 aromatic heterocycles. The van der Waals surface area contributed by atoms with Crippen LogP contribution in [0.4, 0.5) is 17.6 Å². The Morgan fingerprint density at radius 3 is 1.36 bits per heavy atom. The van der Waals surface area contributed by atoms with Gasteiger partial charge in [0.15, 0.2) is 9.84 Å². The molecule has 0 bridgehead atoms. The van der Waals surface area contributed by atoms with Gasteiger partial charge in [0, 0.05) is 0 Å². The largest absolute Gasteiger partial charge is 0.252 e. The highest BCUT2D eigenvalue weighted by atomic mass is 32.2. The first kappa shape index (κ1) is 10.7. The molecule has 0 radical (unpaired) electrons. The van der Waals surface area contributed by atoms with Crippen LogP contribution in [0, 0.1) is 0 Å². The van der Waals surface area contributed by atoms with Crippen molar-refractivity contribution in [1.82, 2.24) is 0 Å². The number of hydrogen-bond acceptors (Lipinski definition) is 2. The molecule has 0 fully saturated rings. The summed E-state index contributed by atoms with van der Waals surface area (Å²) in [6.07, 6.45) is -6.17. The quantitative estimate of drug-likeness (QED) is 0.624. The SMILES string of the molecule is O=S(=O)(CC(F)F)CC(F)F. The summed E-state index contributed by atoms with van der Waals surface area (Å²) in [5, 5.41) is 0. The first-order valence-electron chi connectivity index (χ1n) is 2.60. The zero-order chi connectivity index (χ0) is 9.07. The molecule has 68 valence electrons. The van der Waals surface area contributed by atoms with Crippen LogP contribution in [0.5, 0.6) is 0 Å². The molecule has 0 rings (SSSR count). The summed E-state index contributed by atoms with van der Waals surface area (Å²) in [5.74, 6) is -2.98. The van der Waals surface area contributed by atoms with Gasteiger partial charge in [-0.15, -0.1) is 0 Å². The van der Waals surface area contributed by atoms with Crippen LogP contribution in [-0.2, 0) is 9.84 Å². The molecular weight excluding hydrogens is 188 g/mol. The molecule has 0 aromatic carbocycles. The number of rotatable bonds is 4. The van der Waals surface area contributed by atoms with Crippen LogP contribution in [0.3, 0.4) is 0 Å². The Kier molecular flexibility index (Phi) is 3.77. The van der Waals surface area contributed by atoms with E-state index in [1.807, 2.05) is 0 Å². The fourth-order valence-corrected chi connectivity index (χ4v) is 1.36. The van der Waals surface area contributed by atoms with Crippen molar-refractivity contribution < 1.29 is 26.0 Å². The van der Waals surface area contributed by atoms with Crippen molar-refractivity contribution in [3.8, 4) is 0 Å². The Morgan fingerprint density at radius 1 is 0.909 bits per heavy atom. The van der Waals surface area contributed by atoms with Gasteiger partial charge in [0.25, 0.3) is 12.9 Å². The van der Waals surface area contributed by atoms with Crippen molar-refractivity contribution in [2.24, 2.45) is 0 Å². The highest BCUT2D eigenvalue weighted by Crippen LogP contribution is 2.04. The Balaban J connectivity index is 4.03. The minimum atomic E-state index is -4.28. The zero-order valence-electron chi connectivity index (χ0n) is 5.31. The van der Waals surface area contributed by atoms with E-state index in [0.717, 1.165) is 0 Å². The van der Waals surface area contributed by atoms with E-state index in [4.69, 9.17) is 0 Å². The lowest BCUT2D eigenvalue weighted by Gasteiger charge is -2.01. The number of hydrogen-bond donors (Lipinski definition) is 0. The molecular formula is C4H6F4O2S. The number of alkyl halides is 4. The minimum Gasteiger partial charge on any atom is -0.228 e. The van der Waals surface area contributed by atoms with Gasteiger partial charge in [0.05, 0.1) is 0 Å². The molecule has 0 saturated carbocycles. The van der Waals surface area contributed by atoms with Crippen LogP contribution in [0.1, 0.15) is 0 Å². The monoisotopic (exact) mass is 194 g/mol. The van der Waals surface area contributed by atoms with Crippen LogP contribution >= 0.6 is 0 Å². The average Bonchev–Trinajstić information content (AvgIpc) is 1.53. The van der Waals surface area contributed by atoms with Crippen LogP contribution in [0.15, 0.2) is 0 Å². The Hall–Kier alpha value is -0.330. The predicted octanol–water partition coefficient (Wildman–Crippen LogP) is 0.931. The molecule has 0 saturated heterocycles. The average molecular weight is 194 g/mol. The van der Waals surface area contributed by atoms with Crippen molar-refractivity contribution in [2.75, 3.05) is 11.5 Å². The highest BCUT2D eigenvalue weighted by molar-refractivity contribution is 7.91. The maximum atomic E-state index is 11.4. The van der Waals surface area contributed by atoms with Gasteiger partial charge < -0.3 is 0 Å². The van der Waals surface area contributed by atoms with E-state index in [-0.39, 0.29) is 0 Å². The molecule has 0 amide bonds. The maximum Gasteiger partial charge on any atom is 0.252 e. The van der Waals surface area contributed by atoms with Crippen LogP contribution in [-0.4, -0.2) is 32.8 Å². The lowest BCUT2D eigenvalue weighted by Crippen LogP contribution is -2.21. The van der Waals surface area contributed by atoms with Gasteiger partial charge in [-0.3, -0.25) is 0 Å². The fraction of sp³-hybridized carbons (Fsp3) is 1.00. The molecule has 2 nitrogen and oxygen atoms in total. The summed E-state index contributed by atoms with van der Waals surface area (Å²) in [6.45, 7) is 0. The summed E-state index contributed by atoms with van der Waals surface area (Å²) >= 11 is 0. The van der Waals surface area contributed by atoms with Gasteiger partial charge >= 0.3 is 0 Å². The van der Waals surface area contributed by atoms with Crippen molar-refractivity contribution in [1.29, 1.82) is 0 Å². The molecule has 0 aliphatic heterocycles. The van der Waals surface area contributed by atoms with Gasteiger partial charge in [-0.2, -0.15) is 0 Å². The molecule has 0 unspecified atom stereocenters. The van der Waals surface area contributed by atoms with Gasteiger partial charge in [0.2, 0.25) is 0 Å². The van der Waals surface area contributed by atoms with Crippen LogP contribution in [0.2, 0.25) is 0 Å². The first-order chi connectivity index (χ1) is 4.83. The maximum absolute atomic E-state index is 11.4. The molecule has 0 atom stereocenters. The Morgan fingerprint density at radius 2 is 1.18 bits per heavy atom. The van der Waals surface area contributed by atoms with E-state index in [1.165, 1.54) is 0 Å². The molecule has 0 spiro atoms. The van der Waals surface area contributed by atoms with Gasteiger partial charge in [0.1, 0.15) is 11.5 Å². The highest BCUT2D eigenvalue weighted by Gasteiger charge is 2.22. The van der Waals surface area contributed by atoms with E-state index < -0.39 is 34.2 Å². The summed E-state index contributed by atoms with van der Waals surface area (Å²) in [6, 6.07) is 0. The van der Waals surface area contributed by atoms with Gasteiger partial charge in [-0.05, 0) is 0 Å². The molecule has 0 heterocycles. The molecule has 0 aliphatic rings. The molecule has 0 aliphatic carbocycles. The van der Waals surface area contributed by atoms with E-state index >= 15 is 0 Å². The van der Waals surface area contributed by atoms with Crippen molar-refractivity contribution in [3.05, 3.63) is 0 Å². The second-order valence-electron chi connectivity index (χ2n) is 1.86. The van der Waals surface area contributed by atoms with E-state index in [0.29, 0.717) is 0 Å². The van der Waals surface area contributed by atoms with E-state index in [1.54, 1.807) is 0 Å². The van der Waals surface area contributed by atoms with E-state index in [9.17, 15) is 26.0 Å². The smallest absolute Gasteiger partial charge is 0.228 e. The topological polar surface area (TPSA) is 34.1 Å². The minimum absolute atomic E-state index is 1.49. The third kappa shape index (κ3) is 6.08. The summed E-state index contributed by atoms with van der Waals surface area (Å²) in [7, 11) is -4.28. The summed E-state index contributed by atoms with van der Waals surface area (Å²) in [5.41, 5.74) is 0. The van der Waals surface area contributed by atoms with Crippen molar-refractivity contribution in [2.45, 2.75) is 12.9 Å². The van der Waals surface area contributed by atoms with Gasteiger partial charge in [-0.25, -0.2) is 26.0 Å². The lowest BCUT2D eigenvalue weighted by atomic mass is 10.8. The fourth-order valence-electron chi connectivity index (χ4n) is 0.452. The second-order valence-corrected chi connectivity index (χ2v) is 4.01. The van der Waals surface area contributed by atoms with Gasteiger partial charge in [-0.1, -0.05) is 0 Å². The molecule has 11 heavy (non-hydrogen) atoms. The number of halogens is 4. The van der Waals surface area contributed by atoms with Crippen molar-refractivity contribution >= 4 is 9.84 Å². The van der Waals surface area contributed by atoms with Crippen molar-refractivity contribution in [3.63, 3.8) is 0 Å². The van der Waals surface area contributed by atoms with E-state index in [2.05, 4.69) is 0 Å². The normalized spacial score (nSPS) is 12.9. The van der Waals surface area contributed by atoms with Crippen LogP contribution in [0.25, 0.3) is 0 Å². The summed E-state index contributed by atoms with van der Waals surface area (Å²) in [4.78, 5) is 0. The van der Waals surface area contributed by atoms with Crippen LogP contribution < -0.4 is 0 Å². The molecule has 0 N–H and O–H groups in total. The third-order valence-electron chi connectivity index (χ3n) is 0.760. The number of sulfone groups is 1. The lowest BCUT2D eigenvalue weighted by molar-refractivity contribution is 0.166. The third-order valence-corrected chi connectivity index (χ3v) is 2.28. The predicted molar refractivity (Wildman–Crippen MR) is 30.7 cm³/mol. The Labute approximate surface area is 61.1 Å². The summed E-state index contributed by atoms with van der Waals surface area (Å²) < 4.78 is 66.0. The second kappa shape index (κ2) is 3.89. The Bertz CT molecular complexity index is 182. The standard InChI is InChI=1S/C4H6F4O2S/c5-3(6)1-11(9,10)2-4(7)8/h3-4H,1-2H2.